The Kier molecular flexibility index (Phi) is 5.60. The average molecular weight is 343 g/mol. The molecule has 1 heterocycles. The fraction of sp³-hybridized carbons (Fsp3) is 0.368. The molecule has 2 aromatic rings. The molecule has 0 amide bonds. The highest BCUT2D eigenvalue weighted by atomic mass is 19.1. The first kappa shape index (κ1) is 17.4. The summed E-state index contributed by atoms with van der Waals surface area (Å²) in [5, 5.41) is 10.7. The van der Waals surface area contributed by atoms with Gasteiger partial charge in [-0.05, 0) is 49.2 Å². The van der Waals surface area contributed by atoms with Crippen LogP contribution in [-0.4, -0.2) is 42.5 Å². The molecule has 0 saturated carbocycles. The Morgan fingerprint density at radius 3 is 2.20 bits per heavy atom. The van der Waals surface area contributed by atoms with Gasteiger partial charge in [-0.25, -0.2) is 4.39 Å². The van der Waals surface area contributed by atoms with Gasteiger partial charge in [0.25, 0.3) is 5.69 Å². The zero-order valence-electron chi connectivity index (χ0n) is 14.1. The predicted molar refractivity (Wildman–Crippen MR) is 96.5 cm³/mol. The van der Waals surface area contributed by atoms with Crippen LogP contribution in [0.25, 0.3) is 0 Å². The molecule has 1 aliphatic rings. The molecule has 2 aromatic carbocycles. The normalized spacial score (nSPS) is 15.3. The van der Waals surface area contributed by atoms with Crippen molar-refractivity contribution in [2.45, 2.75) is 12.8 Å². The number of piperazine rings is 1. The van der Waals surface area contributed by atoms with E-state index in [0.29, 0.717) is 0 Å². The molecule has 0 bridgehead atoms. The lowest BCUT2D eigenvalue weighted by molar-refractivity contribution is -0.384. The van der Waals surface area contributed by atoms with Gasteiger partial charge < -0.3 is 4.90 Å². The van der Waals surface area contributed by atoms with E-state index in [4.69, 9.17) is 0 Å². The second-order valence-electron chi connectivity index (χ2n) is 6.33. The lowest BCUT2D eigenvalue weighted by Gasteiger charge is -2.36. The Bertz CT molecular complexity index is 696. The molecule has 1 fully saturated rings. The lowest BCUT2D eigenvalue weighted by atomic mass is 10.1. The number of benzene rings is 2. The number of aryl methyl sites for hydroxylation is 1. The van der Waals surface area contributed by atoms with Crippen molar-refractivity contribution in [2.75, 3.05) is 37.6 Å². The van der Waals surface area contributed by atoms with Crippen LogP contribution >= 0.6 is 0 Å². The molecule has 0 atom stereocenters. The molecule has 6 heteroatoms. The molecule has 0 aliphatic carbocycles. The molecule has 1 saturated heterocycles. The maximum absolute atomic E-state index is 12.9. The van der Waals surface area contributed by atoms with Crippen molar-refractivity contribution < 1.29 is 9.31 Å². The second-order valence-corrected chi connectivity index (χ2v) is 6.33. The van der Waals surface area contributed by atoms with Crippen LogP contribution in [-0.2, 0) is 6.42 Å². The molecule has 0 aromatic heterocycles. The average Bonchev–Trinajstić information content (AvgIpc) is 2.64. The van der Waals surface area contributed by atoms with E-state index in [0.717, 1.165) is 51.3 Å². The van der Waals surface area contributed by atoms with E-state index >= 15 is 0 Å². The molecule has 0 unspecified atom stereocenters. The summed E-state index contributed by atoms with van der Waals surface area (Å²) in [6, 6.07) is 13.5. The number of hydrogen-bond donors (Lipinski definition) is 0. The van der Waals surface area contributed by atoms with Crippen LogP contribution in [0.2, 0.25) is 0 Å². The number of nitrogens with zero attached hydrogens (tertiary/aromatic N) is 3. The van der Waals surface area contributed by atoms with Crippen LogP contribution in [0.3, 0.4) is 0 Å². The zero-order chi connectivity index (χ0) is 17.6. The summed E-state index contributed by atoms with van der Waals surface area (Å²) in [5.41, 5.74) is 2.34. The molecule has 25 heavy (non-hydrogen) atoms. The minimum atomic E-state index is -0.372. The highest BCUT2D eigenvalue weighted by molar-refractivity contribution is 5.51. The Hall–Kier alpha value is -2.47. The van der Waals surface area contributed by atoms with Crippen LogP contribution in [0, 0.1) is 15.9 Å². The van der Waals surface area contributed by atoms with Crippen LogP contribution < -0.4 is 4.90 Å². The van der Waals surface area contributed by atoms with Gasteiger partial charge in [0.05, 0.1) is 4.92 Å². The second kappa shape index (κ2) is 8.07. The summed E-state index contributed by atoms with van der Waals surface area (Å²) in [5.74, 6) is -0.189. The van der Waals surface area contributed by atoms with E-state index in [1.165, 1.54) is 17.7 Å². The van der Waals surface area contributed by atoms with Gasteiger partial charge in [0.2, 0.25) is 0 Å². The van der Waals surface area contributed by atoms with Gasteiger partial charge in [-0.2, -0.15) is 0 Å². The van der Waals surface area contributed by atoms with Crippen molar-refractivity contribution in [1.82, 2.24) is 4.90 Å². The topological polar surface area (TPSA) is 49.6 Å². The number of rotatable bonds is 6. The number of anilines is 1. The Morgan fingerprint density at radius 2 is 1.60 bits per heavy atom. The van der Waals surface area contributed by atoms with Gasteiger partial charge in [-0.15, -0.1) is 0 Å². The third-order valence-electron chi connectivity index (χ3n) is 4.65. The van der Waals surface area contributed by atoms with Gasteiger partial charge in [0, 0.05) is 44.0 Å². The number of nitro benzene ring substituents is 1. The van der Waals surface area contributed by atoms with Gasteiger partial charge >= 0.3 is 0 Å². The van der Waals surface area contributed by atoms with E-state index < -0.39 is 0 Å². The SMILES string of the molecule is O=[N+]([O-])c1ccc(N2CCN(CCCc3ccc(F)cc3)CC2)cc1. The van der Waals surface area contributed by atoms with Gasteiger partial charge in [0.15, 0.2) is 0 Å². The third kappa shape index (κ3) is 4.76. The number of hydrogen-bond acceptors (Lipinski definition) is 4. The van der Waals surface area contributed by atoms with E-state index in [1.807, 2.05) is 24.3 Å². The molecule has 0 N–H and O–H groups in total. The first-order valence-corrected chi connectivity index (χ1v) is 8.58. The summed E-state index contributed by atoms with van der Waals surface area (Å²) >= 11 is 0. The highest BCUT2D eigenvalue weighted by Gasteiger charge is 2.17. The quantitative estimate of drug-likeness (QED) is 0.595. The van der Waals surface area contributed by atoms with Crippen molar-refractivity contribution in [3.63, 3.8) is 0 Å². The van der Waals surface area contributed by atoms with Crippen LogP contribution in [0.1, 0.15) is 12.0 Å². The number of non-ortho nitro benzene ring substituents is 1. The fourth-order valence-electron chi connectivity index (χ4n) is 3.17. The minimum Gasteiger partial charge on any atom is -0.369 e. The largest absolute Gasteiger partial charge is 0.369 e. The molecule has 3 rings (SSSR count). The molecular weight excluding hydrogens is 321 g/mol. The molecule has 132 valence electrons. The van der Waals surface area contributed by atoms with E-state index in [1.54, 1.807) is 12.1 Å². The van der Waals surface area contributed by atoms with E-state index in [-0.39, 0.29) is 16.4 Å². The zero-order valence-corrected chi connectivity index (χ0v) is 14.1. The summed E-state index contributed by atoms with van der Waals surface area (Å²) in [7, 11) is 0. The predicted octanol–water partition coefficient (Wildman–Crippen LogP) is 3.49. The van der Waals surface area contributed by atoms with E-state index in [9.17, 15) is 14.5 Å². The Morgan fingerprint density at radius 1 is 0.960 bits per heavy atom. The molecule has 0 spiro atoms. The standard InChI is InChI=1S/C19H22FN3O2/c20-17-5-3-16(4-6-17)2-1-11-21-12-14-22(15-13-21)18-7-9-19(10-8-18)23(24)25/h3-10H,1-2,11-15H2. The molecule has 1 aliphatic heterocycles. The summed E-state index contributed by atoms with van der Waals surface area (Å²) in [6.07, 6.45) is 2.02. The van der Waals surface area contributed by atoms with Gasteiger partial charge in [-0.3, -0.25) is 15.0 Å². The van der Waals surface area contributed by atoms with Crippen LogP contribution in [0.4, 0.5) is 15.8 Å². The molecule has 5 nitrogen and oxygen atoms in total. The smallest absolute Gasteiger partial charge is 0.269 e. The Balaban J connectivity index is 1.42. The van der Waals surface area contributed by atoms with E-state index in [2.05, 4.69) is 9.80 Å². The Labute approximate surface area is 146 Å². The van der Waals surface area contributed by atoms with Crippen molar-refractivity contribution in [2.24, 2.45) is 0 Å². The number of halogens is 1. The summed E-state index contributed by atoms with van der Waals surface area (Å²) in [6.45, 7) is 4.86. The van der Waals surface area contributed by atoms with Crippen LogP contribution in [0.5, 0.6) is 0 Å². The van der Waals surface area contributed by atoms with Crippen molar-refractivity contribution >= 4 is 11.4 Å². The fourth-order valence-corrected chi connectivity index (χ4v) is 3.17. The van der Waals surface area contributed by atoms with Crippen molar-refractivity contribution in [3.8, 4) is 0 Å². The third-order valence-corrected chi connectivity index (χ3v) is 4.65. The maximum atomic E-state index is 12.9. The van der Waals surface area contributed by atoms with Crippen molar-refractivity contribution in [1.29, 1.82) is 0 Å². The molecule has 0 radical (unpaired) electrons. The summed E-state index contributed by atoms with van der Waals surface area (Å²) in [4.78, 5) is 15.0. The first-order chi connectivity index (χ1) is 12.1. The molecular formula is C19H22FN3O2. The van der Waals surface area contributed by atoms with Crippen LogP contribution in [0.15, 0.2) is 48.5 Å². The monoisotopic (exact) mass is 343 g/mol. The number of nitro groups is 1. The summed E-state index contributed by atoms with van der Waals surface area (Å²) < 4.78 is 12.9. The van der Waals surface area contributed by atoms with Crippen molar-refractivity contribution in [3.05, 3.63) is 70.0 Å². The highest BCUT2D eigenvalue weighted by Crippen LogP contribution is 2.20. The lowest BCUT2D eigenvalue weighted by Crippen LogP contribution is -2.46. The van der Waals surface area contributed by atoms with Gasteiger partial charge in [0.1, 0.15) is 5.82 Å². The van der Waals surface area contributed by atoms with Gasteiger partial charge in [-0.1, -0.05) is 12.1 Å². The first-order valence-electron chi connectivity index (χ1n) is 8.58. The minimum absolute atomic E-state index is 0.128. The maximum Gasteiger partial charge on any atom is 0.269 e.